The third-order valence-corrected chi connectivity index (χ3v) is 2.13. The van der Waals surface area contributed by atoms with E-state index in [-0.39, 0.29) is 6.61 Å². The lowest BCUT2D eigenvalue weighted by molar-refractivity contribution is 0.300. The highest BCUT2D eigenvalue weighted by Gasteiger charge is 1.90. The molecule has 0 aromatic heterocycles. The van der Waals surface area contributed by atoms with Crippen LogP contribution in [0.4, 0.5) is 0 Å². The fraction of sp³-hybridized carbons (Fsp3) is 0.667. The van der Waals surface area contributed by atoms with Gasteiger partial charge in [-0.25, -0.2) is 0 Å². The molecule has 0 spiro atoms. The van der Waals surface area contributed by atoms with E-state index in [1.807, 2.05) is 6.08 Å². The summed E-state index contributed by atoms with van der Waals surface area (Å²) in [5.74, 6) is 0. The fourth-order valence-electron chi connectivity index (χ4n) is 1.28. The summed E-state index contributed by atoms with van der Waals surface area (Å²) in [5.41, 5.74) is 1.18. The van der Waals surface area contributed by atoms with Crippen molar-refractivity contribution in [2.45, 2.75) is 45.4 Å². The van der Waals surface area contributed by atoms with E-state index in [4.69, 9.17) is 5.11 Å². The van der Waals surface area contributed by atoms with Crippen LogP contribution < -0.4 is 0 Å². The topological polar surface area (TPSA) is 20.2 Å². The molecular formula is C12H22O. The summed E-state index contributed by atoms with van der Waals surface area (Å²) in [5, 5.41) is 8.72. The molecule has 1 N–H and O–H groups in total. The second-order valence-electron chi connectivity index (χ2n) is 3.31. The van der Waals surface area contributed by atoms with Gasteiger partial charge < -0.3 is 5.11 Å². The summed E-state index contributed by atoms with van der Waals surface area (Å²) < 4.78 is 0. The second-order valence-corrected chi connectivity index (χ2v) is 3.31. The standard InChI is InChI=1S/C12H22O/c1-3-5-6-7-8-9-12(4-2)10-11-13/h4,9,13H,2-3,5-8,10-11H2,1H3/b12-9+. The number of allylic oxidation sites excluding steroid dienone is 2. The SMILES string of the molecule is C=C/C(=C\CCCCCC)CCO. The highest BCUT2D eigenvalue weighted by Crippen LogP contribution is 2.08. The summed E-state index contributed by atoms with van der Waals surface area (Å²) in [6, 6.07) is 0. The minimum Gasteiger partial charge on any atom is -0.396 e. The fourth-order valence-corrected chi connectivity index (χ4v) is 1.28. The van der Waals surface area contributed by atoms with Crippen LogP contribution >= 0.6 is 0 Å². The van der Waals surface area contributed by atoms with Crippen molar-refractivity contribution < 1.29 is 5.11 Å². The lowest BCUT2D eigenvalue weighted by atomic mass is 10.1. The molecule has 1 nitrogen and oxygen atoms in total. The highest BCUT2D eigenvalue weighted by molar-refractivity contribution is 5.15. The first-order valence-corrected chi connectivity index (χ1v) is 5.27. The molecule has 0 radical (unpaired) electrons. The molecule has 0 atom stereocenters. The predicted molar refractivity (Wildman–Crippen MR) is 58.7 cm³/mol. The van der Waals surface area contributed by atoms with E-state index in [9.17, 15) is 0 Å². The summed E-state index contributed by atoms with van der Waals surface area (Å²) in [7, 11) is 0. The van der Waals surface area contributed by atoms with Crippen LogP contribution in [0.3, 0.4) is 0 Å². The van der Waals surface area contributed by atoms with Crippen LogP contribution in [-0.4, -0.2) is 11.7 Å². The average Bonchev–Trinajstić information content (AvgIpc) is 2.16. The summed E-state index contributed by atoms with van der Waals surface area (Å²) in [6.45, 7) is 6.16. The van der Waals surface area contributed by atoms with Crippen molar-refractivity contribution in [3.63, 3.8) is 0 Å². The first-order chi connectivity index (χ1) is 6.35. The van der Waals surface area contributed by atoms with Gasteiger partial charge >= 0.3 is 0 Å². The Kier molecular flexibility index (Phi) is 9.12. The number of rotatable bonds is 8. The van der Waals surface area contributed by atoms with E-state index in [2.05, 4.69) is 19.6 Å². The van der Waals surface area contributed by atoms with E-state index in [1.54, 1.807) is 0 Å². The monoisotopic (exact) mass is 182 g/mol. The molecule has 0 aromatic carbocycles. The Balaban J connectivity index is 3.48. The van der Waals surface area contributed by atoms with Gasteiger partial charge in [-0.3, -0.25) is 0 Å². The Hall–Kier alpha value is -0.560. The molecule has 0 aliphatic rings. The molecule has 76 valence electrons. The molecule has 0 amide bonds. The lowest BCUT2D eigenvalue weighted by Gasteiger charge is -1.99. The van der Waals surface area contributed by atoms with Crippen LogP contribution in [0.25, 0.3) is 0 Å². The van der Waals surface area contributed by atoms with E-state index in [0.29, 0.717) is 0 Å². The number of unbranched alkanes of at least 4 members (excludes halogenated alkanes) is 4. The van der Waals surface area contributed by atoms with Crippen molar-refractivity contribution in [3.05, 3.63) is 24.3 Å². The smallest absolute Gasteiger partial charge is 0.0471 e. The molecule has 0 aliphatic heterocycles. The molecule has 1 heteroatoms. The van der Waals surface area contributed by atoms with Gasteiger partial charge in [0.1, 0.15) is 0 Å². The van der Waals surface area contributed by atoms with Gasteiger partial charge in [-0.1, -0.05) is 50.5 Å². The quantitative estimate of drug-likeness (QED) is 0.450. The Bertz CT molecular complexity index is 147. The maximum Gasteiger partial charge on any atom is 0.0471 e. The van der Waals surface area contributed by atoms with E-state index < -0.39 is 0 Å². The van der Waals surface area contributed by atoms with Gasteiger partial charge in [0.15, 0.2) is 0 Å². The zero-order valence-electron chi connectivity index (χ0n) is 8.76. The largest absolute Gasteiger partial charge is 0.396 e. The maximum atomic E-state index is 8.72. The minimum absolute atomic E-state index is 0.229. The van der Waals surface area contributed by atoms with E-state index in [0.717, 1.165) is 12.8 Å². The molecule has 0 aliphatic carbocycles. The summed E-state index contributed by atoms with van der Waals surface area (Å²) in [4.78, 5) is 0. The third kappa shape index (κ3) is 7.79. The van der Waals surface area contributed by atoms with Crippen LogP contribution in [-0.2, 0) is 0 Å². The molecule has 13 heavy (non-hydrogen) atoms. The van der Waals surface area contributed by atoms with Crippen LogP contribution in [0, 0.1) is 0 Å². The minimum atomic E-state index is 0.229. The number of aliphatic hydroxyl groups excluding tert-OH is 1. The molecule has 0 saturated carbocycles. The Morgan fingerprint density at radius 1 is 1.31 bits per heavy atom. The van der Waals surface area contributed by atoms with E-state index in [1.165, 1.54) is 31.3 Å². The number of aliphatic hydroxyl groups is 1. The number of hydrogen-bond acceptors (Lipinski definition) is 1. The van der Waals surface area contributed by atoms with E-state index >= 15 is 0 Å². The van der Waals surface area contributed by atoms with Crippen molar-refractivity contribution in [2.24, 2.45) is 0 Å². The Morgan fingerprint density at radius 2 is 2.08 bits per heavy atom. The Morgan fingerprint density at radius 3 is 2.62 bits per heavy atom. The van der Waals surface area contributed by atoms with Crippen molar-refractivity contribution in [3.8, 4) is 0 Å². The molecule has 0 saturated heterocycles. The lowest BCUT2D eigenvalue weighted by Crippen LogP contribution is -1.85. The molecular weight excluding hydrogens is 160 g/mol. The van der Waals surface area contributed by atoms with Gasteiger partial charge in [-0.05, 0) is 19.3 Å². The molecule has 0 unspecified atom stereocenters. The predicted octanol–water partition coefficient (Wildman–Crippen LogP) is 3.45. The van der Waals surface area contributed by atoms with Gasteiger partial charge in [-0.15, -0.1) is 0 Å². The van der Waals surface area contributed by atoms with Gasteiger partial charge in [-0.2, -0.15) is 0 Å². The molecule has 0 rings (SSSR count). The van der Waals surface area contributed by atoms with Crippen molar-refractivity contribution in [2.75, 3.05) is 6.61 Å². The first kappa shape index (κ1) is 12.4. The van der Waals surface area contributed by atoms with Gasteiger partial charge in [0.05, 0.1) is 0 Å². The van der Waals surface area contributed by atoms with Crippen molar-refractivity contribution >= 4 is 0 Å². The van der Waals surface area contributed by atoms with Gasteiger partial charge in [0, 0.05) is 6.61 Å². The van der Waals surface area contributed by atoms with Crippen LogP contribution in [0.15, 0.2) is 24.3 Å². The molecule has 0 heterocycles. The zero-order valence-corrected chi connectivity index (χ0v) is 8.76. The van der Waals surface area contributed by atoms with Crippen LogP contribution in [0.5, 0.6) is 0 Å². The average molecular weight is 182 g/mol. The van der Waals surface area contributed by atoms with Crippen LogP contribution in [0.2, 0.25) is 0 Å². The number of hydrogen-bond donors (Lipinski definition) is 1. The third-order valence-electron chi connectivity index (χ3n) is 2.13. The van der Waals surface area contributed by atoms with Gasteiger partial charge in [0.25, 0.3) is 0 Å². The van der Waals surface area contributed by atoms with Gasteiger partial charge in [0.2, 0.25) is 0 Å². The highest BCUT2D eigenvalue weighted by atomic mass is 16.2. The maximum absolute atomic E-state index is 8.72. The normalized spacial score (nSPS) is 11.7. The van der Waals surface area contributed by atoms with Crippen LogP contribution in [0.1, 0.15) is 45.4 Å². The second kappa shape index (κ2) is 9.53. The first-order valence-electron chi connectivity index (χ1n) is 5.27. The molecule has 0 bridgehead atoms. The molecule has 0 aromatic rings. The van der Waals surface area contributed by atoms with Crippen molar-refractivity contribution in [1.29, 1.82) is 0 Å². The zero-order chi connectivity index (χ0) is 9.94. The molecule has 0 fully saturated rings. The summed E-state index contributed by atoms with van der Waals surface area (Å²) in [6.07, 6.45) is 11.1. The summed E-state index contributed by atoms with van der Waals surface area (Å²) >= 11 is 0. The Labute approximate surface area is 82.2 Å². The van der Waals surface area contributed by atoms with Crippen molar-refractivity contribution in [1.82, 2.24) is 0 Å².